The van der Waals surface area contributed by atoms with Crippen molar-refractivity contribution < 1.29 is 9.90 Å². The van der Waals surface area contributed by atoms with E-state index in [0.717, 1.165) is 22.0 Å². The van der Waals surface area contributed by atoms with E-state index in [9.17, 15) is 9.90 Å². The fraction of sp³-hybridized carbons (Fsp3) is 0.292. The highest BCUT2D eigenvalue weighted by Crippen LogP contribution is 2.36. The fourth-order valence-electron chi connectivity index (χ4n) is 4.06. The molecule has 1 aromatic carbocycles. The minimum Gasteiger partial charge on any atom is -0.375 e. The number of benzene rings is 1. The number of likely N-dealkylation sites (N-methyl/N-ethyl adjacent to an activating group) is 1. The molecule has 2 atom stereocenters. The molecule has 1 amide bonds. The van der Waals surface area contributed by atoms with Crippen molar-refractivity contribution in [2.45, 2.75) is 25.0 Å². The third-order valence-corrected chi connectivity index (χ3v) is 6.93. The van der Waals surface area contributed by atoms with E-state index >= 15 is 0 Å². The van der Waals surface area contributed by atoms with E-state index in [-0.39, 0.29) is 11.9 Å². The van der Waals surface area contributed by atoms with Gasteiger partial charge in [-0.05, 0) is 30.7 Å². The van der Waals surface area contributed by atoms with Crippen LogP contribution in [0.4, 0.5) is 5.95 Å². The summed E-state index contributed by atoms with van der Waals surface area (Å²) < 4.78 is 1.76. The van der Waals surface area contributed by atoms with Crippen LogP contribution in [0.1, 0.15) is 30.6 Å². The molecule has 1 fully saturated rings. The van der Waals surface area contributed by atoms with Gasteiger partial charge in [0, 0.05) is 50.4 Å². The number of rotatable bonds is 6. The molecule has 0 saturated carbocycles. The number of aromatic nitrogens is 5. The SMILES string of the molecule is CC(Nc1nccc(-c2csc(-c3cccc(C4(O)CCN(C)C4=O)c3)n2)n1)c1ccn(C)n1. The smallest absolute Gasteiger partial charge is 0.258 e. The molecular formula is C24H25N7O2S. The lowest BCUT2D eigenvalue weighted by Crippen LogP contribution is -2.36. The number of nitrogens with zero attached hydrogens (tertiary/aromatic N) is 6. The second-order valence-corrected chi connectivity index (χ2v) is 9.36. The van der Waals surface area contributed by atoms with E-state index in [1.165, 1.54) is 11.3 Å². The second-order valence-electron chi connectivity index (χ2n) is 8.50. The number of hydrogen-bond acceptors (Lipinski definition) is 8. The van der Waals surface area contributed by atoms with Crippen molar-refractivity contribution in [1.29, 1.82) is 0 Å². The number of thiazole rings is 1. The molecule has 4 heterocycles. The predicted octanol–water partition coefficient (Wildman–Crippen LogP) is 3.22. The maximum atomic E-state index is 12.5. The van der Waals surface area contributed by atoms with Gasteiger partial charge in [-0.3, -0.25) is 9.48 Å². The first-order valence-electron chi connectivity index (χ1n) is 11.0. The Morgan fingerprint density at radius 2 is 2.03 bits per heavy atom. The topological polar surface area (TPSA) is 109 Å². The lowest BCUT2D eigenvalue weighted by molar-refractivity contribution is -0.143. The van der Waals surface area contributed by atoms with Crippen LogP contribution in [-0.2, 0) is 17.4 Å². The van der Waals surface area contributed by atoms with Gasteiger partial charge in [-0.1, -0.05) is 18.2 Å². The summed E-state index contributed by atoms with van der Waals surface area (Å²) in [6.45, 7) is 2.54. The molecule has 0 radical (unpaired) electrons. The van der Waals surface area contributed by atoms with Crippen LogP contribution in [0.5, 0.6) is 0 Å². The van der Waals surface area contributed by atoms with Gasteiger partial charge in [0.05, 0.1) is 17.4 Å². The van der Waals surface area contributed by atoms with Crippen LogP contribution in [0, 0.1) is 0 Å². The van der Waals surface area contributed by atoms with E-state index in [1.807, 2.05) is 55.9 Å². The van der Waals surface area contributed by atoms with Gasteiger partial charge < -0.3 is 15.3 Å². The van der Waals surface area contributed by atoms with E-state index in [2.05, 4.69) is 20.4 Å². The molecule has 1 aliphatic heterocycles. The van der Waals surface area contributed by atoms with Crippen molar-refractivity contribution in [3.05, 3.63) is 65.4 Å². The highest BCUT2D eigenvalue weighted by atomic mass is 32.1. The van der Waals surface area contributed by atoms with Crippen LogP contribution in [0.2, 0.25) is 0 Å². The number of carbonyl (C=O) groups is 1. The van der Waals surface area contributed by atoms with Gasteiger partial charge in [-0.2, -0.15) is 5.10 Å². The fourth-order valence-corrected chi connectivity index (χ4v) is 4.87. The van der Waals surface area contributed by atoms with Crippen LogP contribution in [0.25, 0.3) is 22.0 Å². The number of aliphatic hydroxyl groups is 1. The molecule has 2 unspecified atom stereocenters. The zero-order valence-electron chi connectivity index (χ0n) is 19.1. The molecule has 0 spiro atoms. The van der Waals surface area contributed by atoms with Crippen molar-refractivity contribution >= 4 is 23.2 Å². The van der Waals surface area contributed by atoms with Gasteiger partial charge in [0.1, 0.15) is 10.7 Å². The lowest BCUT2D eigenvalue weighted by atomic mass is 9.91. The summed E-state index contributed by atoms with van der Waals surface area (Å²) in [6.07, 6.45) is 3.98. The van der Waals surface area contributed by atoms with Crippen LogP contribution >= 0.6 is 11.3 Å². The Labute approximate surface area is 201 Å². The van der Waals surface area contributed by atoms with Crippen LogP contribution in [0.3, 0.4) is 0 Å². The van der Waals surface area contributed by atoms with Gasteiger partial charge in [0.25, 0.3) is 5.91 Å². The third-order valence-electron chi connectivity index (χ3n) is 6.04. The predicted molar refractivity (Wildman–Crippen MR) is 130 cm³/mol. The number of nitrogens with one attached hydrogen (secondary N) is 1. The maximum absolute atomic E-state index is 12.5. The summed E-state index contributed by atoms with van der Waals surface area (Å²) in [6, 6.07) is 11.1. The molecule has 174 valence electrons. The average molecular weight is 476 g/mol. The molecular weight excluding hydrogens is 450 g/mol. The Morgan fingerprint density at radius 1 is 1.18 bits per heavy atom. The van der Waals surface area contributed by atoms with E-state index in [4.69, 9.17) is 4.98 Å². The third kappa shape index (κ3) is 4.06. The minimum absolute atomic E-state index is 0.0478. The Balaban J connectivity index is 1.38. The molecule has 5 rings (SSSR count). The standard InChI is InChI=1S/C24H25N7O2S/c1-15(18-8-11-31(3)29-18)26-23-25-10-7-19(28-23)20-14-34-21(27-20)16-5-4-6-17(13-16)24(33)9-12-30(2)22(24)32/h4-8,10-11,13-15,33H,9,12H2,1-3H3,(H,25,26,28). The summed E-state index contributed by atoms with van der Waals surface area (Å²) in [5.74, 6) is 0.226. The highest BCUT2D eigenvalue weighted by Gasteiger charge is 2.45. The van der Waals surface area contributed by atoms with Crippen LogP contribution in [0.15, 0.2) is 54.2 Å². The van der Waals surface area contributed by atoms with E-state index in [1.54, 1.807) is 28.9 Å². The zero-order valence-corrected chi connectivity index (χ0v) is 20.0. The largest absolute Gasteiger partial charge is 0.375 e. The molecule has 9 nitrogen and oxygen atoms in total. The second kappa shape index (κ2) is 8.62. The Morgan fingerprint density at radius 3 is 2.76 bits per heavy atom. The van der Waals surface area contributed by atoms with Crippen LogP contribution in [-0.4, -0.2) is 54.2 Å². The van der Waals surface area contributed by atoms with Gasteiger partial charge in [0.2, 0.25) is 5.95 Å². The summed E-state index contributed by atoms with van der Waals surface area (Å²) in [7, 11) is 3.59. The first-order chi connectivity index (χ1) is 16.3. The summed E-state index contributed by atoms with van der Waals surface area (Å²) >= 11 is 1.49. The molecule has 1 saturated heterocycles. The normalized spacial score (nSPS) is 18.9. The van der Waals surface area contributed by atoms with E-state index < -0.39 is 5.60 Å². The monoisotopic (exact) mass is 475 g/mol. The molecule has 3 aromatic heterocycles. The summed E-state index contributed by atoms with van der Waals surface area (Å²) in [4.78, 5) is 27.8. The van der Waals surface area contributed by atoms with Gasteiger partial charge in [-0.15, -0.1) is 11.3 Å². The number of anilines is 1. The van der Waals surface area contributed by atoms with Crippen molar-refractivity contribution in [2.24, 2.45) is 7.05 Å². The van der Waals surface area contributed by atoms with E-state index in [0.29, 0.717) is 30.2 Å². The molecule has 1 aliphatic rings. The van der Waals surface area contributed by atoms with Crippen LogP contribution < -0.4 is 5.32 Å². The molecule has 2 N–H and O–H groups in total. The molecule has 0 aliphatic carbocycles. The van der Waals surface area contributed by atoms with Crippen molar-refractivity contribution in [1.82, 2.24) is 29.6 Å². The molecule has 10 heteroatoms. The number of carbonyl (C=O) groups excluding carboxylic acids is 1. The number of likely N-dealkylation sites (tertiary alicyclic amines) is 1. The first-order valence-corrected chi connectivity index (χ1v) is 11.9. The molecule has 4 aromatic rings. The van der Waals surface area contributed by atoms with Crippen molar-refractivity contribution in [3.8, 4) is 22.0 Å². The average Bonchev–Trinajstić information content (AvgIpc) is 3.57. The zero-order chi connectivity index (χ0) is 23.9. The van der Waals surface area contributed by atoms with Gasteiger partial charge in [-0.25, -0.2) is 15.0 Å². The van der Waals surface area contributed by atoms with Crippen molar-refractivity contribution in [2.75, 3.05) is 18.9 Å². The number of aryl methyl sites for hydroxylation is 1. The van der Waals surface area contributed by atoms with Gasteiger partial charge >= 0.3 is 0 Å². The Bertz CT molecular complexity index is 1350. The molecule has 34 heavy (non-hydrogen) atoms. The quantitative estimate of drug-likeness (QED) is 0.441. The first kappa shape index (κ1) is 22.2. The molecule has 0 bridgehead atoms. The van der Waals surface area contributed by atoms with Crippen molar-refractivity contribution in [3.63, 3.8) is 0 Å². The Kier molecular flexibility index (Phi) is 5.62. The number of hydrogen-bond donors (Lipinski definition) is 2. The van der Waals surface area contributed by atoms with Gasteiger partial charge in [0.15, 0.2) is 5.60 Å². The summed E-state index contributed by atoms with van der Waals surface area (Å²) in [5.41, 5.74) is 2.30. The highest BCUT2D eigenvalue weighted by molar-refractivity contribution is 7.13. The lowest BCUT2D eigenvalue weighted by Gasteiger charge is -2.21. The number of amides is 1. The summed E-state index contributed by atoms with van der Waals surface area (Å²) in [5, 5.41) is 21.4. The minimum atomic E-state index is -1.48. The Hall–Kier alpha value is -3.63. The maximum Gasteiger partial charge on any atom is 0.258 e.